The van der Waals surface area contributed by atoms with Gasteiger partial charge in [0.05, 0.1) is 12.2 Å². The van der Waals surface area contributed by atoms with Crippen LogP contribution in [0.25, 0.3) is 0 Å². The number of esters is 1. The van der Waals surface area contributed by atoms with Crippen LogP contribution in [0.15, 0.2) is 24.3 Å². The number of hydrogen-bond acceptors (Lipinski definition) is 5. The summed E-state index contributed by atoms with van der Waals surface area (Å²) in [5.41, 5.74) is 4.63. The molecule has 0 spiro atoms. The van der Waals surface area contributed by atoms with Gasteiger partial charge in [-0.3, -0.25) is 10.2 Å². The van der Waals surface area contributed by atoms with E-state index in [1.165, 1.54) is 16.0 Å². The maximum atomic E-state index is 13.1. The molecule has 34 heavy (non-hydrogen) atoms. The third-order valence-corrected chi connectivity index (χ3v) is 8.71. The highest BCUT2D eigenvalue weighted by Crippen LogP contribution is 2.39. The molecule has 3 heterocycles. The average molecular weight is 482 g/mol. The third kappa shape index (κ3) is 5.01. The first-order chi connectivity index (χ1) is 16.6. The van der Waals surface area contributed by atoms with E-state index in [2.05, 4.69) is 34.5 Å². The summed E-state index contributed by atoms with van der Waals surface area (Å²) in [7, 11) is 0. The van der Waals surface area contributed by atoms with Gasteiger partial charge in [0.15, 0.2) is 0 Å². The Labute approximate surface area is 206 Å². The molecule has 1 aromatic heterocycles. The van der Waals surface area contributed by atoms with E-state index < -0.39 is 0 Å². The van der Waals surface area contributed by atoms with Crippen molar-refractivity contribution in [3.63, 3.8) is 0 Å². The van der Waals surface area contributed by atoms with Crippen molar-refractivity contribution in [2.75, 3.05) is 38.1 Å². The summed E-state index contributed by atoms with van der Waals surface area (Å²) >= 11 is 1.56. The summed E-state index contributed by atoms with van der Waals surface area (Å²) in [5, 5.41) is 3.75. The van der Waals surface area contributed by atoms with Crippen molar-refractivity contribution in [3.8, 4) is 0 Å². The summed E-state index contributed by atoms with van der Waals surface area (Å²) in [4.78, 5) is 31.5. The lowest BCUT2D eigenvalue weighted by molar-refractivity contribution is 0.0526. The minimum Gasteiger partial charge on any atom is -0.462 e. The fourth-order valence-corrected chi connectivity index (χ4v) is 6.91. The first kappa shape index (κ1) is 23.4. The molecule has 2 aliphatic heterocycles. The van der Waals surface area contributed by atoms with Gasteiger partial charge >= 0.3 is 12.0 Å². The first-order valence-corrected chi connectivity index (χ1v) is 13.6. The maximum Gasteiger partial charge on any atom is 0.341 e. The summed E-state index contributed by atoms with van der Waals surface area (Å²) in [6.45, 7) is 6.96. The number of aryl methyl sites for hydroxylation is 1. The highest BCUT2D eigenvalue weighted by atomic mass is 32.1. The van der Waals surface area contributed by atoms with Gasteiger partial charge in [0.1, 0.15) is 5.00 Å². The summed E-state index contributed by atoms with van der Waals surface area (Å²) < 4.78 is 5.33. The Morgan fingerprint density at radius 2 is 1.82 bits per heavy atom. The second kappa shape index (κ2) is 10.5. The van der Waals surface area contributed by atoms with E-state index in [0.717, 1.165) is 83.2 Å². The molecule has 3 aliphatic rings. The Kier molecular flexibility index (Phi) is 7.21. The van der Waals surface area contributed by atoms with Gasteiger partial charge in [-0.05, 0) is 74.5 Å². The molecular formula is C27H35N3O3S. The number of likely N-dealkylation sites (tertiary alicyclic amines) is 1. The van der Waals surface area contributed by atoms with E-state index in [-0.39, 0.29) is 12.0 Å². The van der Waals surface area contributed by atoms with Crippen LogP contribution in [-0.4, -0.2) is 54.6 Å². The number of nitrogens with zero attached hydrogens (tertiary/aromatic N) is 2. The first-order valence-electron chi connectivity index (χ1n) is 12.8. The Morgan fingerprint density at radius 3 is 2.62 bits per heavy atom. The summed E-state index contributed by atoms with van der Waals surface area (Å²) in [5.74, 6) is 0.317. The van der Waals surface area contributed by atoms with E-state index in [4.69, 9.17) is 4.74 Å². The SMILES string of the molecule is CCOC(=O)c1c(NC(=O)N2CCC(CN3CCc4ccccc4C3)CC2)sc2c1CCCC2. The molecular weight excluding hydrogens is 446 g/mol. The van der Waals surface area contributed by atoms with Gasteiger partial charge in [0.2, 0.25) is 0 Å². The molecule has 0 radical (unpaired) electrons. The number of fused-ring (bicyclic) bond motifs is 2. The highest BCUT2D eigenvalue weighted by Gasteiger charge is 2.30. The second-order valence-electron chi connectivity index (χ2n) is 9.75. The average Bonchev–Trinajstić information content (AvgIpc) is 3.22. The largest absolute Gasteiger partial charge is 0.462 e. The van der Waals surface area contributed by atoms with Gasteiger partial charge in [-0.2, -0.15) is 0 Å². The van der Waals surface area contributed by atoms with Crippen LogP contribution in [0.2, 0.25) is 0 Å². The van der Waals surface area contributed by atoms with Gasteiger partial charge in [0, 0.05) is 37.6 Å². The number of nitrogens with one attached hydrogen (secondary N) is 1. The number of rotatable bonds is 5. The lowest BCUT2D eigenvalue weighted by Gasteiger charge is -2.36. The van der Waals surface area contributed by atoms with Gasteiger partial charge in [-0.15, -0.1) is 11.3 Å². The molecule has 0 atom stereocenters. The summed E-state index contributed by atoms with van der Waals surface area (Å²) in [6.07, 6.45) is 7.27. The highest BCUT2D eigenvalue weighted by molar-refractivity contribution is 7.17. The number of benzene rings is 1. The van der Waals surface area contributed by atoms with Crippen molar-refractivity contribution < 1.29 is 14.3 Å². The van der Waals surface area contributed by atoms with E-state index in [1.54, 1.807) is 11.3 Å². The number of amides is 2. The minimum absolute atomic E-state index is 0.0884. The van der Waals surface area contributed by atoms with Crippen LogP contribution in [0.5, 0.6) is 0 Å². The Balaban J connectivity index is 1.17. The number of urea groups is 1. The molecule has 0 bridgehead atoms. The molecule has 2 aromatic rings. The van der Waals surface area contributed by atoms with Gasteiger partial charge in [0.25, 0.3) is 0 Å². The van der Waals surface area contributed by atoms with Crippen molar-refractivity contribution in [1.82, 2.24) is 9.80 Å². The lowest BCUT2D eigenvalue weighted by atomic mass is 9.94. The van der Waals surface area contributed by atoms with Crippen molar-refractivity contribution >= 4 is 28.3 Å². The van der Waals surface area contributed by atoms with Crippen LogP contribution in [0.4, 0.5) is 9.80 Å². The van der Waals surface area contributed by atoms with E-state index in [0.29, 0.717) is 23.1 Å². The number of ether oxygens (including phenoxy) is 1. The predicted molar refractivity (Wildman–Crippen MR) is 136 cm³/mol. The van der Waals surface area contributed by atoms with Crippen LogP contribution >= 0.6 is 11.3 Å². The number of carbonyl (C=O) groups excluding carboxylic acids is 2. The van der Waals surface area contributed by atoms with E-state index >= 15 is 0 Å². The van der Waals surface area contributed by atoms with Crippen LogP contribution < -0.4 is 5.32 Å². The van der Waals surface area contributed by atoms with Gasteiger partial charge in [-0.25, -0.2) is 9.59 Å². The molecule has 2 amide bonds. The molecule has 1 N–H and O–H groups in total. The number of piperidine rings is 1. The molecule has 7 heteroatoms. The molecule has 1 fully saturated rings. The zero-order chi connectivity index (χ0) is 23.5. The lowest BCUT2D eigenvalue weighted by Crippen LogP contribution is -2.44. The normalized spacial score (nSPS) is 18.8. The fourth-order valence-electron chi connectivity index (χ4n) is 5.64. The predicted octanol–water partition coefficient (Wildman–Crippen LogP) is 5.11. The van der Waals surface area contributed by atoms with Crippen LogP contribution in [0.1, 0.15) is 64.5 Å². The van der Waals surface area contributed by atoms with Crippen molar-refractivity contribution in [2.24, 2.45) is 5.92 Å². The molecule has 1 aliphatic carbocycles. The summed E-state index contributed by atoms with van der Waals surface area (Å²) in [6, 6.07) is 8.69. The third-order valence-electron chi connectivity index (χ3n) is 7.50. The molecule has 6 nitrogen and oxygen atoms in total. The molecule has 0 unspecified atom stereocenters. The fraction of sp³-hybridized carbons (Fsp3) is 0.556. The smallest absolute Gasteiger partial charge is 0.341 e. The van der Waals surface area contributed by atoms with Gasteiger partial charge in [-0.1, -0.05) is 24.3 Å². The quantitative estimate of drug-likeness (QED) is 0.603. The monoisotopic (exact) mass is 481 g/mol. The number of anilines is 1. The van der Waals surface area contributed by atoms with Gasteiger partial charge < -0.3 is 9.64 Å². The zero-order valence-electron chi connectivity index (χ0n) is 20.1. The number of carbonyl (C=O) groups is 2. The van der Waals surface area contributed by atoms with Crippen molar-refractivity contribution in [3.05, 3.63) is 51.4 Å². The molecule has 0 saturated carbocycles. The zero-order valence-corrected chi connectivity index (χ0v) is 20.9. The number of thiophene rings is 1. The van der Waals surface area contributed by atoms with Crippen LogP contribution in [0.3, 0.4) is 0 Å². The number of hydrogen-bond donors (Lipinski definition) is 1. The van der Waals surface area contributed by atoms with Crippen molar-refractivity contribution in [1.29, 1.82) is 0 Å². The molecule has 1 saturated heterocycles. The second-order valence-corrected chi connectivity index (χ2v) is 10.9. The van der Waals surface area contributed by atoms with Crippen LogP contribution in [0, 0.1) is 5.92 Å². The molecule has 1 aromatic carbocycles. The minimum atomic E-state index is -0.306. The topological polar surface area (TPSA) is 61.9 Å². The van der Waals surface area contributed by atoms with Crippen molar-refractivity contribution in [2.45, 2.75) is 58.4 Å². The maximum absolute atomic E-state index is 13.1. The van der Waals surface area contributed by atoms with Crippen LogP contribution in [-0.2, 0) is 30.5 Å². The Morgan fingerprint density at radius 1 is 1.06 bits per heavy atom. The van der Waals surface area contributed by atoms with E-state index in [1.807, 2.05) is 11.8 Å². The Hall–Kier alpha value is -2.38. The Bertz CT molecular complexity index is 1040. The molecule has 5 rings (SSSR count). The molecule has 182 valence electrons. The van der Waals surface area contributed by atoms with E-state index in [9.17, 15) is 9.59 Å². The standard InChI is InChI=1S/C27H35N3O3S/c1-2-33-26(31)24-22-9-5-6-10-23(22)34-25(24)28-27(32)30-15-11-19(12-16-30)17-29-14-13-20-7-3-4-8-21(20)18-29/h3-4,7-8,19H,2,5-6,9-18H2,1H3,(H,28,32).